The normalized spacial score (nSPS) is 15.2. The number of hydrogen-bond donors (Lipinski definition) is 1. The standard InChI is InChI=1S/C25H30N4O3.C21H30N6.C21H27N5O.C20H25N5O/c1-16(2)21-13-17(3)12-19-14-22(25(31)32)29(24(19)21)15-20-6-5-7-23(26-20)28-10-8-27(9-11-28)18(4)30;1-16(2)19-14-27(12-11-26-9-7-24(3)8-10-26)20-6-5-17(13-18(19)20)21-22-15-25(4)23-21;1-15(2)18-12-26(13-20(27)25-9-5-4-6-10-25)19-8-7-16(11-17(18)19)21-22-14-24(3)23-21;1-14(2)17-11-25(12-19(26)24-8-4-5-9-24)18-7-6-15(10-16(17)18)20-21-13-23(3)22-20/h5-7,12-14,16H,8-11,15H2,1-4H3,(H,31,32);5-6,13-16H,7-12H2,1-4H3;7-8,11-12,14-15H,4-6,9-10,13H2,1-3H3;6-7,10-11,13-14H,4-5,8-9,12H2,1-3H3. The molecule has 16 rings (SSSR count). The van der Waals surface area contributed by atoms with Crippen molar-refractivity contribution in [2.75, 3.05) is 97.0 Å². The number of carboxylic acids is 1. The molecule has 112 heavy (non-hydrogen) atoms. The lowest BCUT2D eigenvalue weighted by Crippen LogP contribution is -2.48. The van der Waals surface area contributed by atoms with E-state index in [9.17, 15) is 24.3 Å². The molecule has 4 aromatic carbocycles. The summed E-state index contributed by atoms with van der Waals surface area (Å²) in [6.45, 7) is 35.6. The average molecular weight is 1520 g/mol. The Hall–Kier alpha value is -10.8. The molecule has 12 heterocycles. The molecule has 4 fully saturated rings. The molecule has 8 aromatic heterocycles. The molecular formula is C87H112N20O5. The Morgan fingerprint density at radius 2 is 0.911 bits per heavy atom. The van der Waals surface area contributed by atoms with E-state index in [-0.39, 0.29) is 29.3 Å². The van der Waals surface area contributed by atoms with Crippen LogP contribution in [0.5, 0.6) is 0 Å². The first-order chi connectivity index (χ1) is 53.8. The van der Waals surface area contributed by atoms with Crippen LogP contribution in [-0.2, 0) is 61.7 Å². The number of likely N-dealkylation sites (tertiary alicyclic amines) is 2. The number of carbonyl (C=O) groups excluding carboxylic acids is 3. The lowest BCUT2D eigenvalue weighted by molar-refractivity contribution is -0.133. The number of aromatic nitrogens is 14. The van der Waals surface area contributed by atoms with Crippen molar-refractivity contribution >= 4 is 73.1 Å². The summed E-state index contributed by atoms with van der Waals surface area (Å²) in [6.07, 6.45) is 17.5. The van der Waals surface area contributed by atoms with E-state index >= 15 is 0 Å². The number of pyridine rings is 1. The zero-order valence-corrected chi connectivity index (χ0v) is 68.0. The van der Waals surface area contributed by atoms with Crippen LogP contribution in [0.15, 0.2) is 129 Å². The summed E-state index contributed by atoms with van der Waals surface area (Å²) in [7, 11) is 7.86. The Bertz CT molecular complexity index is 5300. The van der Waals surface area contributed by atoms with Gasteiger partial charge in [0, 0.05) is 193 Å². The van der Waals surface area contributed by atoms with E-state index in [0.717, 1.165) is 157 Å². The van der Waals surface area contributed by atoms with Gasteiger partial charge in [-0.05, 0) is 171 Å². The molecule has 4 aliphatic heterocycles. The third-order valence-electron chi connectivity index (χ3n) is 22.4. The smallest absolute Gasteiger partial charge is 0.352 e. The van der Waals surface area contributed by atoms with Crippen LogP contribution in [0.3, 0.4) is 0 Å². The molecule has 4 aliphatic rings. The van der Waals surface area contributed by atoms with Crippen LogP contribution < -0.4 is 4.90 Å². The lowest BCUT2D eigenvalue weighted by atomic mass is 9.98. The van der Waals surface area contributed by atoms with Gasteiger partial charge in [-0.1, -0.05) is 73.1 Å². The predicted octanol–water partition coefficient (Wildman–Crippen LogP) is 13.4. The average Bonchev–Trinajstić information content (AvgIpc) is 1.61. The second-order valence-corrected chi connectivity index (χ2v) is 32.1. The Morgan fingerprint density at radius 1 is 0.464 bits per heavy atom. The minimum Gasteiger partial charge on any atom is -0.477 e. The predicted molar refractivity (Wildman–Crippen MR) is 444 cm³/mol. The van der Waals surface area contributed by atoms with Gasteiger partial charge >= 0.3 is 5.97 Å². The SMILES string of the molecule is CC(=O)N1CCN(c2cccc(Cn3c(C(=O)O)cc4cc(C)cc(C(C)C)c43)n2)CC1.CC(C)c1cn(CC(=O)N2CCCC2)c2ccc(-c3ncn(C)n3)cc12.CC(C)c1cn(CC(=O)N2CCCCC2)c2ccc(-c3ncn(C)n3)cc12.CC(C)c1cn(CCN2CCN(C)CC2)c2ccc(-c3ncn(C)n3)cc12. The zero-order valence-electron chi connectivity index (χ0n) is 68.0. The number of piperidine rings is 1. The van der Waals surface area contributed by atoms with E-state index in [1.807, 2.05) is 83.7 Å². The molecule has 25 nitrogen and oxygen atoms in total. The molecule has 0 bridgehead atoms. The van der Waals surface area contributed by atoms with Crippen molar-refractivity contribution in [2.45, 2.75) is 151 Å². The van der Waals surface area contributed by atoms with E-state index in [1.54, 1.807) is 46.0 Å². The molecule has 0 radical (unpaired) electrons. The molecule has 590 valence electrons. The molecule has 4 saturated heterocycles. The lowest BCUT2D eigenvalue weighted by Gasteiger charge is -2.35. The van der Waals surface area contributed by atoms with Gasteiger partial charge in [0.1, 0.15) is 43.6 Å². The highest BCUT2D eigenvalue weighted by Gasteiger charge is 2.27. The summed E-state index contributed by atoms with van der Waals surface area (Å²) >= 11 is 0. The third-order valence-corrected chi connectivity index (χ3v) is 22.4. The van der Waals surface area contributed by atoms with E-state index in [0.29, 0.717) is 50.5 Å². The Labute approximate surface area is 657 Å². The van der Waals surface area contributed by atoms with Crippen molar-refractivity contribution in [3.8, 4) is 34.2 Å². The number of benzene rings is 4. The van der Waals surface area contributed by atoms with Crippen molar-refractivity contribution in [3.63, 3.8) is 0 Å². The minimum atomic E-state index is -0.940. The maximum Gasteiger partial charge on any atom is 0.352 e. The van der Waals surface area contributed by atoms with Gasteiger partial charge in [0.25, 0.3) is 0 Å². The first-order valence-corrected chi connectivity index (χ1v) is 40.1. The van der Waals surface area contributed by atoms with Crippen molar-refractivity contribution < 1.29 is 24.3 Å². The second kappa shape index (κ2) is 34.9. The summed E-state index contributed by atoms with van der Waals surface area (Å²) in [5.41, 5.74) is 14.8. The first-order valence-electron chi connectivity index (χ1n) is 40.1. The second-order valence-electron chi connectivity index (χ2n) is 32.1. The molecular weight excluding hydrogens is 1410 g/mol. The van der Waals surface area contributed by atoms with E-state index in [1.165, 1.54) is 71.0 Å². The van der Waals surface area contributed by atoms with Crippen LogP contribution in [0, 0.1) is 6.92 Å². The van der Waals surface area contributed by atoms with Crippen molar-refractivity contribution in [1.29, 1.82) is 0 Å². The number of likely N-dealkylation sites (N-methyl/N-ethyl adjacent to an activating group) is 1. The highest BCUT2D eigenvalue weighted by Crippen LogP contribution is 2.36. The number of piperazine rings is 2. The largest absolute Gasteiger partial charge is 0.477 e. The van der Waals surface area contributed by atoms with E-state index in [4.69, 9.17) is 4.98 Å². The molecule has 3 amide bonds. The third kappa shape index (κ3) is 18.2. The fourth-order valence-corrected chi connectivity index (χ4v) is 16.1. The molecule has 12 aromatic rings. The van der Waals surface area contributed by atoms with Gasteiger partial charge in [-0.25, -0.2) is 24.7 Å². The van der Waals surface area contributed by atoms with Gasteiger partial charge in [0.15, 0.2) is 17.5 Å². The number of aryl methyl sites for hydroxylation is 4. The zero-order chi connectivity index (χ0) is 79.2. The monoisotopic (exact) mass is 1520 g/mol. The molecule has 1 N–H and O–H groups in total. The van der Waals surface area contributed by atoms with Gasteiger partial charge in [0.2, 0.25) is 17.7 Å². The van der Waals surface area contributed by atoms with Crippen molar-refractivity contribution in [1.82, 2.24) is 92.0 Å². The fourth-order valence-electron chi connectivity index (χ4n) is 16.1. The quantitative estimate of drug-likeness (QED) is 0.0841. The molecule has 0 spiro atoms. The highest BCUT2D eigenvalue weighted by atomic mass is 16.4. The van der Waals surface area contributed by atoms with Crippen LogP contribution in [-0.4, -0.2) is 213 Å². The number of carbonyl (C=O) groups is 4. The summed E-state index contributed by atoms with van der Waals surface area (Å²) in [5.74, 6) is 4.22. The minimum absolute atomic E-state index is 0.100. The number of anilines is 1. The highest BCUT2D eigenvalue weighted by molar-refractivity contribution is 5.97. The van der Waals surface area contributed by atoms with Crippen molar-refractivity contribution in [2.24, 2.45) is 21.1 Å². The van der Waals surface area contributed by atoms with Crippen molar-refractivity contribution in [3.05, 3.63) is 168 Å². The maximum atomic E-state index is 12.8. The molecule has 25 heteroatoms. The van der Waals surface area contributed by atoms with Gasteiger partial charge < -0.3 is 47.9 Å². The number of carboxylic acid groups (broad SMARTS) is 1. The summed E-state index contributed by atoms with van der Waals surface area (Å²) in [5, 5.41) is 27.8. The van der Waals surface area contributed by atoms with Crippen LogP contribution in [0.2, 0.25) is 0 Å². The Balaban J connectivity index is 0.000000131. The Morgan fingerprint density at radius 3 is 1.34 bits per heavy atom. The molecule has 0 saturated carbocycles. The maximum absolute atomic E-state index is 12.8. The summed E-state index contributed by atoms with van der Waals surface area (Å²) in [4.78, 5) is 80.0. The van der Waals surface area contributed by atoms with Gasteiger partial charge in [0.05, 0.1) is 17.8 Å². The summed E-state index contributed by atoms with van der Waals surface area (Å²) in [6, 6.07) is 31.0. The van der Waals surface area contributed by atoms with E-state index < -0.39 is 5.97 Å². The summed E-state index contributed by atoms with van der Waals surface area (Å²) < 4.78 is 13.7. The number of aromatic carboxylic acids is 1. The number of fused-ring (bicyclic) bond motifs is 4. The number of amides is 3. The topological polar surface area (TPSA) is 233 Å². The van der Waals surface area contributed by atoms with Crippen LogP contribution >= 0.6 is 0 Å². The van der Waals surface area contributed by atoms with Gasteiger partial charge in [-0.15, -0.1) is 0 Å². The first kappa shape index (κ1) is 79.3. The number of hydrogen-bond acceptors (Lipinski definition) is 14. The van der Waals surface area contributed by atoms with Crippen LogP contribution in [0.25, 0.3) is 77.8 Å². The van der Waals surface area contributed by atoms with E-state index in [2.05, 4.69) is 188 Å². The molecule has 0 unspecified atom stereocenters. The van der Waals surface area contributed by atoms with Gasteiger partial charge in [-0.2, -0.15) is 15.3 Å². The van der Waals surface area contributed by atoms with Gasteiger partial charge in [-0.3, -0.25) is 33.3 Å². The number of nitrogens with zero attached hydrogens (tertiary/aromatic N) is 20. The molecule has 0 aliphatic carbocycles. The van der Waals surface area contributed by atoms with Crippen LogP contribution in [0.4, 0.5) is 5.82 Å². The molecule has 0 atom stereocenters. The number of rotatable bonds is 18. The fraction of sp³-hybridized carbons (Fsp3) is 0.460. The van der Waals surface area contributed by atoms with Crippen LogP contribution in [0.1, 0.15) is 162 Å². The Kier molecular flexibility index (Phi) is 24.7.